The van der Waals surface area contributed by atoms with Crippen molar-refractivity contribution in [2.45, 2.75) is 23.5 Å². The van der Waals surface area contributed by atoms with E-state index in [1.165, 1.54) is 42.1 Å². The Labute approximate surface area is 276 Å². The summed E-state index contributed by atoms with van der Waals surface area (Å²) in [5, 5.41) is 8.07. The first kappa shape index (κ1) is 32.7. The second-order valence-corrected chi connectivity index (χ2v) is 11.6. The molecule has 0 saturated heterocycles. The van der Waals surface area contributed by atoms with E-state index >= 15 is 0 Å². The van der Waals surface area contributed by atoms with Crippen LogP contribution in [0.4, 0.5) is 15.8 Å². The molecule has 5 aromatic rings. The van der Waals surface area contributed by atoms with Gasteiger partial charge in [-0.1, -0.05) is 61.5 Å². The van der Waals surface area contributed by atoms with Gasteiger partial charge in [-0.05, 0) is 96.9 Å². The Bertz CT molecular complexity index is 1850. The fraction of sp³-hybridized carbons (Fsp3) is 0.0789. The number of rotatable bonds is 12. The van der Waals surface area contributed by atoms with Gasteiger partial charge in [0.15, 0.2) is 0 Å². The zero-order valence-corrected chi connectivity index (χ0v) is 26.3. The molecule has 0 spiro atoms. The Morgan fingerprint density at radius 1 is 0.745 bits per heavy atom. The molecule has 3 N–H and O–H groups in total. The van der Waals surface area contributed by atoms with Gasteiger partial charge in [0.25, 0.3) is 11.8 Å². The average molecular weight is 646 g/mol. The quantitative estimate of drug-likeness (QED) is 0.0934. The topological polar surface area (TPSA) is 96.5 Å². The second-order valence-electron chi connectivity index (χ2n) is 10.4. The SMILES string of the molecule is CCC(Sc1cccc(NC(=O)/C(=C/c2ccc(F)cc2)NC(=O)c2ccccc2)c1)C(=O)Nc1ccc(Oc2ccccc2)cc1. The zero-order chi connectivity index (χ0) is 33.0. The first-order chi connectivity index (χ1) is 22.9. The first-order valence-electron chi connectivity index (χ1n) is 14.9. The van der Waals surface area contributed by atoms with Gasteiger partial charge in [-0.2, -0.15) is 0 Å². The molecule has 47 heavy (non-hydrogen) atoms. The van der Waals surface area contributed by atoms with E-state index in [2.05, 4.69) is 16.0 Å². The molecule has 0 aliphatic heterocycles. The van der Waals surface area contributed by atoms with E-state index in [9.17, 15) is 18.8 Å². The molecule has 5 aromatic carbocycles. The Kier molecular flexibility index (Phi) is 11.2. The smallest absolute Gasteiger partial charge is 0.272 e. The van der Waals surface area contributed by atoms with Crippen LogP contribution in [0.25, 0.3) is 6.08 Å². The van der Waals surface area contributed by atoms with Crippen molar-refractivity contribution in [1.29, 1.82) is 0 Å². The van der Waals surface area contributed by atoms with Crippen LogP contribution in [-0.2, 0) is 9.59 Å². The van der Waals surface area contributed by atoms with E-state index in [0.29, 0.717) is 34.7 Å². The summed E-state index contributed by atoms with van der Waals surface area (Å²) >= 11 is 1.37. The highest BCUT2D eigenvalue weighted by molar-refractivity contribution is 8.00. The number of nitrogens with one attached hydrogen (secondary N) is 3. The third-order valence-electron chi connectivity index (χ3n) is 6.84. The lowest BCUT2D eigenvalue weighted by Gasteiger charge is -2.16. The largest absolute Gasteiger partial charge is 0.457 e. The van der Waals surface area contributed by atoms with E-state index in [-0.39, 0.29) is 11.6 Å². The maximum Gasteiger partial charge on any atom is 0.272 e. The van der Waals surface area contributed by atoms with E-state index in [1.807, 2.05) is 43.3 Å². The number of hydrogen-bond donors (Lipinski definition) is 3. The lowest BCUT2D eigenvalue weighted by Crippen LogP contribution is -2.30. The number of ether oxygens (including phenoxy) is 1. The molecule has 0 heterocycles. The van der Waals surface area contributed by atoms with Crippen molar-refractivity contribution in [1.82, 2.24) is 5.32 Å². The number of thioether (sulfide) groups is 1. The lowest BCUT2D eigenvalue weighted by atomic mass is 10.1. The maximum absolute atomic E-state index is 13.5. The van der Waals surface area contributed by atoms with Gasteiger partial charge in [0.1, 0.15) is 23.0 Å². The highest BCUT2D eigenvalue weighted by Gasteiger charge is 2.19. The normalized spacial score (nSPS) is 11.7. The van der Waals surface area contributed by atoms with Crippen LogP contribution >= 0.6 is 11.8 Å². The monoisotopic (exact) mass is 645 g/mol. The van der Waals surface area contributed by atoms with Crippen molar-refractivity contribution >= 4 is 46.9 Å². The summed E-state index contributed by atoms with van der Waals surface area (Å²) in [6.07, 6.45) is 2.05. The first-order valence-corrected chi connectivity index (χ1v) is 15.8. The number of halogens is 1. The number of hydrogen-bond acceptors (Lipinski definition) is 5. The Balaban J connectivity index is 1.24. The molecule has 3 amide bonds. The van der Waals surface area contributed by atoms with Crippen LogP contribution in [0, 0.1) is 5.82 Å². The fourth-order valence-electron chi connectivity index (χ4n) is 4.45. The van der Waals surface area contributed by atoms with Crippen molar-refractivity contribution in [2.24, 2.45) is 0 Å². The number of para-hydroxylation sites is 1. The predicted molar refractivity (Wildman–Crippen MR) is 185 cm³/mol. The molecular formula is C38H32FN3O4S. The summed E-state index contributed by atoms with van der Waals surface area (Å²) in [5.74, 6) is -0.219. The molecule has 1 atom stereocenters. The molecule has 0 aliphatic carbocycles. The number of carbonyl (C=O) groups excluding carboxylic acids is 3. The fourth-order valence-corrected chi connectivity index (χ4v) is 5.47. The summed E-state index contributed by atoms with van der Waals surface area (Å²) in [6.45, 7) is 1.93. The molecule has 5 rings (SSSR count). The van der Waals surface area contributed by atoms with Gasteiger partial charge in [-0.15, -0.1) is 11.8 Å². The number of amides is 3. The summed E-state index contributed by atoms with van der Waals surface area (Å²) in [5.41, 5.74) is 2.01. The molecule has 0 radical (unpaired) electrons. The van der Waals surface area contributed by atoms with Crippen molar-refractivity contribution in [3.8, 4) is 11.5 Å². The van der Waals surface area contributed by atoms with E-state index in [0.717, 1.165) is 10.6 Å². The van der Waals surface area contributed by atoms with Crippen LogP contribution < -0.4 is 20.7 Å². The molecule has 0 fully saturated rings. The third kappa shape index (κ3) is 9.66. The van der Waals surface area contributed by atoms with Gasteiger partial charge in [-0.3, -0.25) is 14.4 Å². The summed E-state index contributed by atoms with van der Waals surface area (Å²) in [6, 6.07) is 37.8. The van der Waals surface area contributed by atoms with Crippen molar-refractivity contribution in [2.75, 3.05) is 10.6 Å². The van der Waals surface area contributed by atoms with Crippen molar-refractivity contribution in [3.63, 3.8) is 0 Å². The van der Waals surface area contributed by atoms with Gasteiger partial charge in [0, 0.05) is 21.8 Å². The molecule has 7 nitrogen and oxygen atoms in total. The van der Waals surface area contributed by atoms with Gasteiger partial charge >= 0.3 is 0 Å². The molecule has 9 heteroatoms. The number of carbonyl (C=O) groups is 3. The minimum atomic E-state index is -0.565. The summed E-state index contributed by atoms with van der Waals surface area (Å²) in [4.78, 5) is 40.3. The average Bonchev–Trinajstić information content (AvgIpc) is 3.09. The van der Waals surface area contributed by atoms with Crippen molar-refractivity contribution < 1.29 is 23.5 Å². The van der Waals surface area contributed by atoms with Gasteiger partial charge in [0.05, 0.1) is 5.25 Å². The zero-order valence-electron chi connectivity index (χ0n) is 25.5. The van der Waals surface area contributed by atoms with Crippen LogP contribution in [0.1, 0.15) is 29.3 Å². The molecule has 0 bridgehead atoms. The highest BCUT2D eigenvalue weighted by atomic mass is 32.2. The van der Waals surface area contributed by atoms with Crippen LogP contribution in [0.5, 0.6) is 11.5 Å². The lowest BCUT2D eigenvalue weighted by molar-refractivity contribution is -0.116. The van der Waals surface area contributed by atoms with Crippen molar-refractivity contribution in [3.05, 3.63) is 156 Å². The van der Waals surface area contributed by atoms with Crippen LogP contribution in [0.3, 0.4) is 0 Å². The van der Waals surface area contributed by atoms with E-state index < -0.39 is 22.9 Å². The molecule has 0 saturated carbocycles. The van der Waals surface area contributed by atoms with Gasteiger partial charge in [-0.25, -0.2) is 4.39 Å². The minimum Gasteiger partial charge on any atom is -0.457 e. The van der Waals surface area contributed by atoms with Crippen LogP contribution in [-0.4, -0.2) is 23.0 Å². The maximum atomic E-state index is 13.5. The van der Waals surface area contributed by atoms with Crippen LogP contribution in [0.2, 0.25) is 0 Å². The molecular weight excluding hydrogens is 614 g/mol. The molecule has 0 aliphatic rings. The Hall–Kier alpha value is -5.67. The van der Waals surface area contributed by atoms with Gasteiger partial charge in [0.2, 0.25) is 5.91 Å². The highest BCUT2D eigenvalue weighted by Crippen LogP contribution is 2.29. The Morgan fingerprint density at radius 2 is 1.40 bits per heavy atom. The number of benzene rings is 5. The van der Waals surface area contributed by atoms with Gasteiger partial charge < -0.3 is 20.7 Å². The minimum absolute atomic E-state index is 0.0190. The summed E-state index contributed by atoms with van der Waals surface area (Å²) in [7, 11) is 0. The molecule has 236 valence electrons. The summed E-state index contributed by atoms with van der Waals surface area (Å²) < 4.78 is 19.3. The van der Waals surface area contributed by atoms with Crippen LogP contribution in [0.15, 0.2) is 144 Å². The second kappa shape index (κ2) is 16.1. The predicted octanol–water partition coefficient (Wildman–Crippen LogP) is 8.54. The molecule has 1 unspecified atom stereocenters. The Morgan fingerprint density at radius 3 is 2.09 bits per heavy atom. The van der Waals surface area contributed by atoms with E-state index in [4.69, 9.17) is 4.74 Å². The molecule has 0 aromatic heterocycles. The number of anilines is 2. The standard InChI is InChI=1S/C38H32FN3O4S/c1-2-35(38(45)40-29-20-22-32(23-21-29)46-31-13-7-4-8-14-31)47-33-15-9-12-30(25-33)41-37(44)34(24-26-16-18-28(39)19-17-26)42-36(43)27-10-5-3-6-11-27/h3-25,35H,2H2,1H3,(H,40,45)(H,41,44)(H,42,43)/b34-24-. The third-order valence-corrected chi connectivity index (χ3v) is 8.20. The van der Waals surface area contributed by atoms with E-state index in [1.54, 1.807) is 72.8 Å².